The van der Waals surface area contributed by atoms with Gasteiger partial charge in [0.2, 0.25) is 0 Å². The number of carbonyl (C=O) groups excluding carboxylic acids is 6. The van der Waals surface area contributed by atoms with Crippen LogP contribution < -0.4 is 11.5 Å². The van der Waals surface area contributed by atoms with E-state index < -0.39 is 42.1 Å². The highest BCUT2D eigenvalue weighted by Crippen LogP contribution is 2.24. The van der Waals surface area contributed by atoms with Crippen molar-refractivity contribution in [3.8, 4) is 0 Å². The molecular formula is C11H8N4O6. The van der Waals surface area contributed by atoms with Crippen LogP contribution in [0.25, 0.3) is 0 Å². The molecule has 0 saturated heterocycles. The number of primary amides is 2. The van der Waals surface area contributed by atoms with Crippen LogP contribution in [0, 0.1) is 0 Å². The molecule has 0 radical (unpaired) electrons. The van der Waals surface area contributed by atoms with Crippen molar-refractivity contribution < 1.29 is 28.8 Å². The number of nitrogens with two attached hydrogens (primary N) is 2. The van der Waals surface area contributed by atoms with Crippen molar-refractivity contribution in [1.82, 2.24) is 9.80 Å². The van der Waals surface area contributed by atoms with Crippen molar-refractivity contribution in [3.05, 3.63) is 23.3 Å². The Morgan fingerprint density at radius 1 is 0.810 bits per heavy atom. The molecule has 21 heavy (non-hydrogen) atoms. The van der Waals surface area contributed by atoms with Gasteiger partial charge in [-0.1, -0.05) is 0 Å². The fourth-order valence-corrected chi connectivity index (χ4v) is 1.91. The van der Waals surface area contributed by atoms with E-state index in [2.05, 4.69) is 0 Å². The van der Waals surface area contributed by atoms with E-state index in [0.29, 0.717) is 0 Å². The Balaban J connectivity index is 2.21. The average Bonchev–Trinajstić information content (AvgIpc) is 2.77. The molecule has 0 aromatic rings. The summed E-state index contributed by atoms with van der Waals surface area (Å²) in [4.78, 5) is 68.6. The maximum absolute atomic E-state index is 11.8. The van der Waals surface area contributed by atoms with Gasteiger partial charge in [-0.15, -0.1) is 0 Å². The summed E-state index contributed by atoms with van der Waals surface area (Å²) in [5, 5.41) is 0. The first-order chi connectivity index (χ1) is 9.73. The van der Waals surface area contributed by atoms with Crippen LogP contribution in [0.4, 0.5) is 9.59 Å². The first-order valence-electron chi connectivity index (χ1n) is 5.51. The SMILES string of the molecule is NC(=O)N1C(=O)C=C(CC2=CC(=O)N(C(N)=O)C2=O)C1=O. The lowest BCUT2D eigenvalue weighted by Gasteiger charge is -2.10. The smallest absolute Gasteiger partial charge is 0.328 e. The minimum absolute atomic E-state index is 0.197. The molecule has 0 aliphatic carbocycles. The second kappa shape index (κ2) is 4.67. The maximum Gasteiger partial charge on any atom is 0.328 e. The molecule has 0 aromatic heterocycles. The van der Waals surface area contributed by atoms with Crippen LogP contribution in [-0.4, -0.2) is 45.5 Å². The third-order valence-corrected chi connectivity index (χ3v) is 2.81. The third kappa shape index (κ3) is 2.18. The Morgan fingerprint density at radius 2 is 1.14 bits per heavy atom. The van der Waals surface area contributed by atoms with Crippen LogP contribution in [0.1, 0.15) is 6.42 Å². The summed E-state index contributed by atoms with van der Waals surface area (Å²) in [6, 6.07) is -2.50. The van der Waals surface area contributed by atoms with E-state index in [1.165, 1.54) is 0 Å². The molecule has 10 nitrogen and oxygen atoms in total. The molecule has 10 heteroatoms. The Labute approximate surface area is 116 Å². The Hall–Kier alpha value is -3.30. The highest BCUT2D eigenvalue weighted by Gasteiger charge is 2.39. The Morgan fingerprint density at radius 3 is 1.38 bits per heavy atom. The molecule has 8 amide bonds. The van der Waals surface area contributed by atoms with Gasteiger partial charge in [0.25, 0.3) is 23.6 Å². The molecule has 108 valence electrons. The zero-order chi connectivity index (χ0) is 15.9. The van der Waals surface area contributed by atoms with E-state index in [-0.39, 0.29) is 20.9 Å². The van der Waals surface area contributed by atoms with Crippen LogP contribution >= 0.6 is 0 Å². The zero-order valence-corrected chi connectivity index (χ0v) is 10.4. The van der Waals surface area contributed by atoms with Crippen molar-refractivity contribution >= 4 is 35.7 Å². The Bertz CT molecular complexity index is 631. The van der Waals surface area contributed by atoms with Crippen molar-refractivity contribution in [2.24, 2.45) is 11.5 Å². The monoisotopic (exact) mass is 292 g/mol. The molecule has 2 aliphatic rings. The van der Waals surface area contributed by atoms with E-state index in [9.17, 15) is 28.8 Å². The number of carbonyl (C=O) groups is 6. The number of urea groups is 2. The van der Waals surface area contributed by atoms with Gasteiger partial charge >= 0.3 is 12.1 Å². The fourth-order valence-electron chi connectivity index (χ4n) is 1.91. The van der Waals surface area contributed by atoms with Gasteiger partial charge < -0.3 is 11.5 Å². The zero-order valence-electron chi connectivity index (χ0n) is 10.4. The maximum atomic E-state index is 11.8. The molecule has 0 fully saturated rings. The Kier molecular flexibility index (Phi) is 3.14. The first-order valence-corrected chi connectivity index (χ1v) is 5.51. The largest absolute Gasteiger partial charge is 0.351 e. The minimum Gasteiger partial charge on any atom is -0.351 e. The van der Waals surface area contributed by atoms with Gasteiger partial charge in [-0.2, -0.15) is 9.80 Å². The number of imide groups is 6. The number of hydrogen-bond acceptors (Lipinski definition) is 6. The van der Waals surface area contributed by atoms with Gasteiger partial charge in [-0.25, -0.2) is 9.59 Å². The predicted molar refractivity (Wildman–Crippen MR) is 63.7 cm³/mol. The quantitative estimate of drug-likeness (QED) is 0.566. The number of hydrogen-bond donors (Lipinski definition) is 2. The molecule has 0 spiro atoms. The molecule has 0 aromatic carbocycles. The molecule has 0 atom stereocenters. The van der Waals surface area contributed by atoms with Crippen LogP contribution in [-0.2, 0) is 19.2 Å². The second-order valence-electron chi connectivity index (χ2n) is 4.15. The van der Waals surface area contributed by atoms with Crippen LogP contribution in [0.15, 0.2) is 23.3 Å². The van der Waals surface area contributed by atoms with Gasteiger partial charge in [0.05, 0.1) is 0 Å². The van der Waals surface area contributed by atoms with Crippen LogP contribution in [0.2, 0.25) is 0 Å². The summed E-state index contributed by atoms with van der Waals surface area (Å²) in [5.41, 5.74) is 9.34. The normalized spacial score (nSPS) is 18.3. The lowest BCUT2D eigenvalue weighted by atomic mass is 10.1. The van der Waals surface area contributed by atoms with Gasteiger partial charge in [-0.05, 0) is 0 Å². The second-order valence-corrected chi connectivity index (χ2v) is 4.15. The van der Waals surface area contributed by atoms with Crippen LogP contribution in [0.5, 0.6) is 0 Å². The van der Waals surface area contributed by atoms with Gasteiger partial charge in [-0.3, -0.25) is 19.2 Å². The predicted octanol–water partition coefficient (Wildman–Crippen LogP) is -1.88. The molecule has 2 rings (SSSR count). The average molecular weight is 292 g/mol. The van der Waals surface area contributed by atoms with Crippen molar-refractivity contribution in [3.63, 3.8) is 0 Å². The number of rotatable bonds is 2. The summed E-state index contributed by atoms with van der Waals surface area (Å²) in [7, 11) is 0. The van der Waals surface area contributed by atoms with Gasteiger partial charge in [0, 0.05) is 29.7 Å². The fraction of sp³-hybridized carbons (Fsp3) is 0.0909. The van der Waals surface area contributed by atoms with Crippen molar-refractivity contribution in [2.75, 3.05) is 0 Å². The summed E-state index contributed by atoms with van der Waals surface area (Å²) in [5.74, 6) is -3.84. The molecule has 2 heterocycles. The molecular weight excluding hydrogens is 284 g/mol. The summed E-state index contributed by atoms with van der Waals surface area (Å²) >= 11 is 0. The lowest BCUT2D eigenvalue weighted by Crippen LogP contribution is -2.41. The summed E-state index contributed by atoms with van der Waals surface area (Å²) < 4.78 is 0. The van der Waals surface area contributed by atoms with E-state index in [1.807, 2.05) is 0 Å². The van der Waals surface area contributed by atoms with E-state index in [4.69, 9.17) is 11.5 Å². The van der Waals surface area contributed by atoms with Crippen molar-refractivity contribution in [1.29, 1.82) is 0 Å². The molecule has 2 aliphatic heterocycles. The molecule has 0 unspecified atom stereocenters. The molecule has 4 N–H and O–H groups in total. The molecule has 0 bridgehead atoms. The first kappa shape index (κ1) is 14.1. The highest BCUT2D eigenvalue weighted by molar-refractivity contribution is 6.27. The van der Waals surface area contributed by atoms with E-state index >= 15 is 0 Å². The summed E-state index contributed by atoms with van der Waals surface area (Å²) in [6.07, 6.45) is 1.26. The highest BCUT2D eigenvalue weighted by atomic mass is 16.2. The number of amides is 8. The summed E-state index contributed by atoms with van der Waals surface area (Å²) in [6.45, 7) is 0. The van der Waals surface area contributed by atoms with Gasteiger partial charge in [0.15, 0.2) is 0 Å². The minimum atomic E-state index is -1.25. The van der Waals surface area contributed by atoms with E-state index in [0.717, 1.165) is 12.2 Å². The third-order valence-electron chi connectivity index (χ3n) is 2.81. The van der Waals surface area contributed by atoms with E-state index in [1.54, 1.807) is 0 Å². The topological polar surface area (TPSA) is 161 Å². The number of nitrogens with zero attached hydrogens (tertiary/aromatic N) is 2. The van der Waals surface area contributed by atoms with Crippen LogP contribution in [0.3, 0.4) is 0 Å². The molecule has 0 saturated carbocycles. The lowest BCUT2D eigenvalue weighted by molar-refractivity contribution is -0.134. The standard InChI is InChI=1S/C11H8N4O6/c12-10(20)14-6(16)2-4(8(14)18)1-5-3-7(17)15(9(5)19)11(13)21/h2-3H,1H2,(H2,12,20)(H2,13,21). The van der Waals surface area contributed by atoms with Gasteiger partial charge in [0.1, 0.15) is 0 Å². The van der Waals surface area contributed by atoms with Crippen molar-refractivity contribution in [2.45, 2.75) is 6.42 Å².